The highest BCUT2D eigenvalue weighted by molar-refractivity contribution is 5.76. The topological polar surface area (TPSA) is 58.6 Å². The summed E-state index contributed by atoms with van der Waals surface area (Å²) in [6, 6.07) is 9.31. The highest BCUT2D eigenvalue weighted by atomic mass is 16.5. The monoisotopic (exact) mass is 235 g/mol. The van der Waals surface area contributed by atoms with Crippen LogP contribution in [0, 0.1) is 0 Å². The van der Waals surface area contributed by atoms with Crippen molar-refractivity contribution in [3.8, 4) is 0 Å². The maximum absolute atomic E-state index is 11.3. The van der Waals surface area contributed by atoms with Gasteiger partial charge in [0.2, 0.25) is 0 Å². The average molecular weight is 235 g/mol. The fraction of sp³-hybridized carbons (Fsp3) is 0.462. The standard InChI is InChI=1S/C13H17NO3/c15-13(16)11(10-5-2-1-3-6-10)9-12-14-7-4-8-17-12/h1-3,5-6,11-12,14H,4,7-9H2,(H,15,16). The molecule has 92 valence electrons. The number of nitrogens with one attached hydrogen (secondary N) is 1. The lowest BCUT2D eigenvalue weighted by molar-refractivity contribution is -0.140. The second kappa shape index (κ2) is 5.80. The minimum absolute atomic E-state index is 0.148. The first-order valence-electron chi connectivity index (χ1n) is 5.90. The zero-order valence-corrected chi connectivity index (χ0v) is 9.63. The predicted molar refractivity (Wildman–Crippen MR) is 63.8 cm³/mol. The number of hydrogen-bond donors (Lipinski definition) is 2. The number of carbonyl (C=O) groups is 1. The Morgan fingerprint density at radius 3 is 2.82 bits per heavy atom. The van der Waals surface area contributed by atoms with Crippen LogP contribution in [0.1, 0.15) is 24.3 Å². The molecular formula is C13H17NO3. The van der Waals surface area contributed by atoms with Crippen LogP contribution < -0.4 is 5.32 Å². The Labute approximate surface area is 101 Å². The molecule has 0 spiro atoms. The SMILES string of the molecule is O=C(O)C(CC1NCCCO1)c1ccccc1. The molecular weight excluding hydrogens is 218 g/mol. The normalized spacial score (nSPS) is 22.0. The molecule has 0 aliphatic carbocycles. The van der Waals surface area contributed by atoms with Gasteiger partial charge in [0.05, 0.1) is 5.92 Å². The number of hydrogen-bond acceptors (Lipinski definition) is 3. The van der Waals surface area contributed by atoms with Crippen molar-refractivity contribution in [1.29, 1.82) is 0 Å². The van der Waals surface area contributed by atoms with Crippen LogP contribution >= 0.6 is 0 Å². The van der Waals surface area contributed by atoms with E-state index in [2.05, 4.69) is 5.32 Å². The molecule has 1 aromatic carbocycles. The quantitative estimate of drug-likeness (QED) is 0.832. The minimum Gasteiger partial charge on any atom is -0.481 e. The van der Waals surface area contributed by atoms with E-state index in [0.717, 1.165) is 18.5 Å². The Morgan fingerprint density at radius 2 is 2.24 bits per heavy atom. The van der Waals surface area contributed by atoms with Crippen molar-refractivity contribution in [2.75, 3.05) is 13.2 Å². The molecule has 4 nitrogen and oxygen atoms in total. The maximum atomic E-state index is 11.3. The first-order valence-corrected chi connectivity index (χ1v) is 5.90. The zero-order valence-electron chi connectivity index (χ0n) is 9.63. The van der Waals surface area contributed by atoms with E-state index < -0.39 is 11.9 Å². The lowest BCUT2D eigenvalue weighted by atomic mass is 9.95. The van der Waals surface area contributed by atoms with Crippen molar-refractivity contribution < 1.29 is 14.6 Å². The van der Waals surface area contributed by atoms with E-state index in [-0.39, 0.29) is 6.23 Å². The van der Waals surface area contributed by atoms with E-state index in [9.17, 15) is 9.90 Å². The first kappa shape index (κ1) is 12.1. The number of benzene rings is 1. The van der Waals surface area contributed by atoms with E-state index in [4.69, 9.17) is 4.74 Å². The van der Waals surface area contributed by atoms with Crippen molar-refractivity contribution in [2.45, 2.75) is 25.0 Å². The van der Waals surface area contributed by atoms with Gasteiger partial charge in [-0.15, -0.1) is 0 Å². The highest BCUT2D eigenvalue weighted by Gasteiger charge is 2.25. The van der Waals surface area contributed by atoms with Crippen LogP contribution in [-0.2, 0) is 9.53 Å². The summed E-state index contributed by atoms with van der Waals surface area (Å²) in [5.41, 5.74) is 0.830. The first-order chi connectivity index (χ1) is 8.27. The van der Waals surface area contributed by atoms with Crippen LogP contribution in [0.15, 0.2) is 30.3 Å². The third kappa shape index (κ3) is 3.28. The molecule has 1 fully saturated rings. The molecule has 0 saturated carbocycles. The number of aliphatic carboxylic acids is 1. The minimum atomic E-state index is -0.799. The van der Waals surface area contributed by atoms with Crippen molar-refractivity contribution >= 4 is 5.97 Å². The van der Waals surface area contributed by atoms with Gasteiger partial charge in [-0.1, -0.05) is 30.3 Å². The molecule has 1 aliphatic rings. The van der Waals surface area contributed by atoms with Crippen LogP contribution in [0.5, 0.6) is 0 Å². The summed E-state index contributed by atoms with van der Waals surface area (Å²) in [7, 11) is 0. The van der Waals surface area contributed by atoms with Gasteiger partial charge in [-0.3, -0.25) is 10.1 Å². The van der Waals surface area contributed by atoms with Gasteiger partial charge in [0.25, 0.3) is 0 Å². The second-order valence-electron chi connectivity index (χ2n) is 4.20. The molecule has 0 aromatic heterocycles. The highest BCUT2D eigenvalue weighted by Crippen LogP contribution is 2.22. The molecule has 2 atom stereocenters. The molecule has 0 radical (unpaired) electrons. The fourth-order valence-corrected chi connectivity index (χ4v) is 2.05. The Balaban J connectivity index is 2.05. The molecule has 1 aromatic rings. The van der Waals surface area contributed by atoms with Gasteiger partial charge in [-0.2, -0.15) is 0 Å². The fourth-order valence-electron chi connectivity index (χ4n) is 2.05. The largest absolute Gasteiger partial charge is 0.481 e. The van der Waals surface area contributed by atoms with Crippen LogP contribution in [0.2, 0.25) is 0 Å². The molecule has 0 bridgehead atoms. The summed E-state index contributed by atoms with van der Waals surface area (Å²) >= 11 is 0. The number of carboxylic acid groups (broad SMARTS) is 1. The molecule has 1 heterocycles. The lowest BCUT2D eigenvalue weighted by Crippen LogP contribution is -2.40. The number of rotatable bonds is 4. The lowest BCUT2D eigenvalue weighted by Gasteiger charge is -2.26. The number of carboxylic acids is 1. The van der Waals surface area contributed by atoms with Gasteiger partial charge in [-0.25, -0.2) is 0 Å². The van der Waals surface area contributed by atoms with Crippen LogP contribution in [0.3, 0.4) is 0 Å². The predicted octanol–water partition coefficient (Wildman–Crippen LogP) is 1.58. The summed E-state index contributed by atoms with van der Waals surface area (Å²) in [5, 5.41) is 12.5. The van der Waals surface area contributed by atoms with Crippen LogP contribution in [-0.4, -0.2) is 30.5 Å². The number of ether oxygens (including phenoxy) is 1. The second-order valence-corrected chi connectivity index (χ2v) is 4.20. The molecule has 1 saturated heterocycles. The Kier molecular flexibility index (Phi) is 4.12. The third-order valence-corrected chi connectivity index (χ3v) is 2.96. The summed E-state index contributed by atoms with van der Waals surface area (Å²) in [4.78, 5) is 11.3. The average Bonchev–Trinajstić information content (AvgIpc) is 2.38. The Morgan fingerprint density at radius 1 is 1.47 bits per heavy atom. The molecule has 17 heavy (non-hydrogen) atoms. The van der Waals surface area contributed by atoms with Gasteiger partial charge in [0.15, 0.2) is 0 Å². The molecule has 0 amide bonds. The summed E-state index contributed by atoms with van der Waals surface area (Å²) < 4.78 is 5.51. The van der Waals surface area contributed by atoms with Crippen molar-refractivity contribution in [1.82, 2.24) is 5.32 Å². The van der Waals surface area contributed by atoms with Gasteiger partial charge >= 0.3 is 5.97 Å². The van der Waals surface area contributed by atoms with Crippen molar-refractivity contribution in [3.63, 3.8) is 0 Å². The van der Waals surface area contributed by atoms with Gasteiger partial charge < -0.3 is 9.84 Å². The van der Waals surface area contributed by atoms with Crippen LogP contribution in [0.4, 0.5) is 0 Å². The van der Waals surface area contributed by atoms with Crippen LogP contribution in [0.25, 0.3) is 0 Å². The summed E-state index contributed by atoms with van der Waals surface area (Å²) in [6.07, 6.45) is 1.31. The molecule has 4 heteroatoms. The smallest absolute Gasteiger partial charge is 0.311 e. The Hall–Kier alpha value is -1.39. The maximum Gasteiger partial charge on any atom is 0.311 e. The van der Waals surface area contributed by atoms with E-state index >= 15 is 0 Å². The zero-order chi connectivity index (χ0) is 12.1. The van der Waals surface area contributed by atoms with Gasteiger partial charge in [0.1, 0.15) is 6.23 Å². The third-order valence-electron chi connectivity index (χ3n) is 2.96. The van der Waals surface area contributed by atoms with Crippen molar-refractivity contribution in [2.24, 2.45) is 0 Å². The summed E-state index contributed by atoms with van der Waals surface area (Å²) in [6.45, 7) is 1.60. The van der Waals surface area contributed by atoms with E-state index in [0.29, 0.717) is 13.0 Å². The van der Waals surface area contributed by atoms with E-state index in [1.165, 1.54) is 0 Å². The molecule has 1 aliphatic heterocycles. The van der Waals surface area contributed by atoms with Gasteiger partial charge in [0, 0.05) is 13.0 Å². The molecule has 2 N–H and O–H groups in total. The van der Waals surface area contributed by atoms with E-state index in [1.54, 1.807) is 0 Å². The van der Waals surface area contributed by atoms with Crippen molar-refractivity contribution in [3.05, 3.63) is 35.9 Å². The van der Waals surface area contributed by atoms with Gasteiger partial charge in [-0.05, 0) is 18.5 Å². The summed E-state index contributed by atoms with van der Waals surface area (Å²) in [5.74, 6) is -1.31. The Bertz CT molecular complexity index is 360. The molecule has 2 unspecified atom stereocenters. The van der Waals surface area contributed by atoms with E-state index in [1.807, 2.05) is 30.3 Å². The molecule has 2 rings (SSSR count).